The van der Waals surface area contributed by atoms with Crippen molar-refractivity contribution in [1.29, 1.82) is 0 Å². The standard InChI is InChI=1S/C12H17N3/c1-13-11-4-3-7-14-12(11)10-5-8-15(2)9-6-10/h3-5,7,13H,6,8-9H2,1-2H3. The molecule has 0 atom stereocenters. The highest BCUT2D eigenvalue weighted by molar-refractivity contribution is 5.73. The highest BCUT2D eigenvalue weighted by Crippen LogP contribution is 2.25. The third-order valence-electron chi connectivity index (χ3n) is 2.79. The van der Waals surface area contributed by atoms with Gasteiger partial charge in [-0.1, -0.05) is 6.08 Å². The van der Waals surface area contributed by atoms with Gasteiger partial charge in [-0.3, -0.25) is 4.98 Å². The molecule has 80 valence electrons. The van der Waals surface area contributed by atoms with E-state index in [1.165, 1.54) is 5.57 Å². The van der Waals surface area contributed by atoms with Crippen LogP contribution in [0.4, 0.5) is 5.69 Å². The maximum absolute atomic E-state index is 4.45. The largest absolute Gasteiger partial charge is 0.386 e. The first-order valence-electron chi connectivity index (χ1n) is 5.32. The second kappa shape index (κ2) is 4.45. The fourth-order valence-electron chi connectivity index (χ4n) is 1.85. The monoisotopic (exact) mass is 203 g/mol. The van der Waals surface area contributed by atoms with Crippen LogP contribution in [0.2, 0.25) is 0 Å². The minimum absolute atomic E-state index is 1.02. The van der Waals surface area contributed by atoms with Gasteiger partial charge in [0, 0.05) is 26.3 Å². The Hall–Kier alpha value is -1.35. The zero-order valence-electron chi connectivity index (χ0n) is 9.33. The van der Waals surface area contributed by atoms with E-state index in [1.54, 1.807) is 0 Å². The summed E-state index contributed by atoms with van der Waals surface area (Å²) in [4.78, 5) is 6.76. The average Bonchev–Trinajstić information content (AvgIpc) is 2.30. The summed E-state index contributed by atoms with van der Waals surface area (Å²) in [5.41, 5.74) is 3.58. The first-order valence-corrected chi connectivity index (χ1v) is 5.32. The van der Waals surface area contributed by atoms with Gasteiger partial charge in [-0.25, -0.2) is 0 Å². The molecule has 2 rings (SSSR count). The van der Waals surface area contributed by atoms with Gasteiger partial charge in [-0.15, -0.1) is 0 Å². The molecule has 1 aliphatic rings. The number of pyridine rings is 1. The lowest BCUT2D eigenvalue weighted by atomic mass is 10.0. The Morgan fingerprint density at radius 1 is 1.47 bits per heavy atom. The van der Waals surface area contributed by atoms with Gasteiger partial charge in [-0.2, -0.15) is 0 Å². The third kappa shape index (κ3) is 2.18. The Bertz CT molecular complexity index is 371. The van der Waals surface area contributed by atoms with E-state index in [0.717, 1.165) is 30.9 Å². The van der Waals surface area contributed by atoms with Gasteiger partial charge < -0.3 is 10.2 Å². The Balaban J connectivity index is 2.29. The Labute approximate surface area is 90.8 Å². The Kier molecular flexibility index (Phi) is 3.02. The molecule has 0 radical (unpaired) electrons. The van der Waals surface area contributed by atoms with E-state index in [1.807, 2.05) is 19.3 Å². The minimum Gasteiger partial charge on any atom is -0.386 e. The molecule has 0 unspecified atom stereocenters. The summed E-state index contributed by atoms with van der Waals surface area (Å²) in [5.74, 6) is 0. The number of nitrogens with zero attached hydrogens (tertiary/aromatic N) is 2. The maximum atomic E-state index is 4.45. The van der Waals surface area contributed by atoms with Crippen LogP contribution in [0.1, 0.15) is 12.1 Å². The van der Waals surface area contributed by atoms with Crippen LogP contribution in [0, 0.1) is 0 Å². The van der Waals surface area contributed by atoms with Crippen LogP contribution < -0.4 is 5.32 Å². The molecule has 0 fully saturated rings. The SMILES string of the molecule is CNc1cccnc1C1=CCN(C)CC1. The van der Waals surface area contributed by atoms with Crippen LogP contribution in [0.5, 0.6) is 0 Å². The molecule has 0 spiro atoms. The fourth-order valence-corrected chi connectivity index (χ4v) is 1.85. The smallest absolute Gasteiger partial charge is 0.0890 e. The van der Waals surface area contributed by atoms with Gasteiger partial charge >= 0.3 is 0 Å². The van der Waals surface area contributed by atoms with Crippen molar-refractivity contribution in [2.24, 2.45) is 0 Å². The lowest BCUT2D eigenvalue weighted by molar-refractivity contribution is 0.370. The van der Waals surface area contributed by atoms with Gasteiger partial charge in [0.15, 0.2) is 0 Å². The van der Waals surface area contributed by atoms with Crippen LogP contribution >= 0.6 is 0 Å². The average molecular weight is 203 g/mol. The molecule has 0 saturated heterocycles. The van der Waals surface area contributed by atoms with E-state index < -0.39 is 0 Å². The third-order valence-corrected chi connectivity index (χ3v) is 2.79. The molecule has 1 aromatic heterocycles. The molecule has 0 bridgehead atoms. The van der Waals surface area contributed by atoms with Crippen LogP contribution in [-0.4, -0.2) is 37.1 Å². The summed E-state index contributed by atoms with van der Waals surface area (Å²) in [6, 6.07) is 4.03. The van der Waals surface area contributed by atoms with Crippen LogP contribution in [0.25, 0.3) is 5.57 Å². The predicted molar refractivity (Wildman–Crippen MR) is 63.9 cm³/mol. The molecule has 3 nitrogen and oxygen atoms in total. The molecule has 3 heteroatoms. The molecule has 0 saturated carbocycles. The van der Waals surface area contributed by atoms with Gasteiger partial charge in [0.2, 0.25) is 0 Å². The van der Waals surface area contributed by atoms with E-state index >= 15 is 0 Å². The number of rotatable bonds is 2. The number of likely N-dealkylation sites (N-methyl/N-ethyl adjacent to an activating group) is 1. The second-order valence-electron chi connectivity index (χ2n) is 3.89. The number of aromatic nitrogens is 1. The zero-order valence-corrected chi connectivity index (χ0v) is 9.33. The van der Waals surface area contributed by atoms with Crippen molar-refractivity contribution in [2.75, 3.05) is 32.5 Å². The summed E-state index contributed by atoms with van der Waals surface area (Å²) < 4.78 is 0. The van der Waals surface area contributed by atoms with E-state index in [4.69, 9.17) is 0 Å². The number of hydrogen-bond acceptors (Lipinski definition) is 3. The predicted octanol–water partition coefficient (Wildman–Crippen LogP) is 1.84. The first kappa shape index (κ1) is 10.2. The summed E-state index contributed by atoms with van der Waals surface area (Å²) in [6.45, 7) is 2.14. The highest BCUT2D eigenvalue weighted by atomic mass is 15.1. The lowest BCUT2D eigenvalue weighted by Crippen LogP contribution is -2.24. The Morgan fingerprint density at radius 3 is 3.00 bits per heavy atom. The van der Waals surface area contributed by atoms with E-state index in [2.05, 4.69) is 34.4 Å². The van der Waals surface area contributed by atoms with Crippen LogP contribution in [0.3, 0.4) is 0 Å². The van der Waals surface area contributed by atoms with Crippen LogP contribution in [0.15, 0.2) is 24.4 Å². The minimum atomic E-state index is 1.02. The highest BCUT2D eigenvalue weighted by Gasteiger charge is 2.12. The summed E-state index contributed by atoms with van der Waals surface area (Å²) in [7, 11) is 4.08. The molecule has 0 aliphatic carbocycles. The van der Waals surface area contributed by atoms with Gasteiger partial charge in [0.1, 0.15) is 0 Å². The summed E-state index contributed by atoms with van der Waals surface area (Å²) >= 11 is 0. The normalized spacial score (nSPS) is 17.3. The molecule has 2 heterocycles. The number of nitrogens with one attached hydrogen (secondary N) is 1. The summed E-state index contributed by atoms with van der Waals surface area (Å²) in [5, 5.41) is 3.19. The van der Waals surface area contributed by atoms with Gasteiger partial charge in [0.25, 0.3) is 0 Å². The maximum Gasteiger partial charge on any atom is 0.0890 e. The molecule has 1 N–H and O–H groups in total. The van der Waals surface area contributed by atoms with Crippen molar-refractivity contribution in [3.8, 4) is 0 Å². The van der Waals surface area contributed by atoms with Gasteiger partial charge in [0.05, 0.1) is 11.4 Å². The van der Waals surface area contributed by atoms with E-state index in [-0.39, 0.29) is 0 Å². The topological polar surface area (TPSA) is 28.2 Å². The number of anilines is 1. The first-order chi connectivity index (χ1) is 7.31. The number of hydrogen-bond donors (Lipinski definition) is 1. The van der Waals surface area contributed by atoms with Crippen molar-refractivity contribution in [3.63, 3.8) is 0 Å². The molecule has 1 aromatic rings. The van der Waals surface area contributed by atoms with Crippen molar-refractivity contribution in [2.45, 2.75) is 6.42 Å². The molecular formula is C12H17N3. The van der Waals surface area contributed by atoms with Gasteiger partial charge in [-0.05, 0) is 31.2 Å². The zero-order chi connectivity index (χ0) is 10.7. The lowest BCUT2D eigenvalue weighted by Gasteiger charge is -2.22. The van der Waals surface area contributed by atoms with E-state index in [9.17, 15) is 0 Å². The van der Waals surface area contributed by atoms with Crippen molar-refractivity contribution in [3.05, 3.63) is 30.1 Å². The second-order valence-corrected chi connectivity index (χ2v) is 3.89. The van der Waals surface area contributed by atoms with Crippen molar-refractivity contribution >= 4 is 11.3 Å². The summed E-state index contributed by atoms with van der Waals surface area (Å²) in [6.07, 6.45) is 5.21. The molecule has 15 heavy (non-hydrogen) atoms. The quantitative estimate of drug-likeness (QED) is 0.795. The molecular weight excluding hydrogens is 186 g/mol. The molecule has 1 aliphatic heterocycles. The van der Waals surface area contributed by atoms with Crippen molar-refractivity contribution < 1.29 is 0 Å². The Morgan fingerprint density at radius 2 is 2.33 bits per heavy atom. The molecule has 0 amide bonds. The molecule has 0 aromatic carbocycles. The van der Waals surface area contributed by atoms with Crippen LogP contribution in [-0.2, 0) is 0 Å². The van der Waals surface area contributed by atoms with Crippen molar-refractivity contribution in [1.82, 2.24) is 9.88 Å². The van der Waals surface area contributed by atoms with E-state index in [0.29, 0.717) is 0 Å². The fraction of sp³-hybridized carbons (Fsp3) is 0.417.